The molecule has 0 aromatic heterocycles. The Labute approximate surface area is 167 Å². The van der Waals surface area contributed by atoms with Gasteiger partial charge in [0.2, 0.25) is 0 Å². The Morgan fingerprint density at radius 3 is 2.25 bits per heavy atom. The summed E-state index contributed by atoms with van der Waals surface area (Å²) in [5, 5.41) is 9.81. The van der Waals surface area contributed by atoms with E-state index in [-0.39, 0.29) is 11.4 Å². The number of azide groups is 1. The van der Waals surface area contributed by atoms with Crippen molar-refractivity contribution in [2.24, 2.45) is 5.11 Å². The molecule has 1 rings (SSSR count). The van der Waals surface area contributed by atoms with E-state index in [2.05, 4.69) is 34.5 Å². The van der Waals surface area contributed by atoms with Crippen LogP contribution in [0.15, 0.2) is 29.4 Å². The number of nitrogens with zero attached hydrogens (tertiary/aromatic N) is 3. The molecule has 0 bridgehead atoms. The van der Waals surface area contributed by atoms with Gasteiger partial charge in [-0.15, -0.1) is 0 Å². The van der Waals surface area contributed by atoms with Gasteiger partial charge in [0.15, 0.2) is 0 Å². The van der Waals surface area contributed by atoms with E-state index in [1.807, 2.05) is 20.9 Å². The number of amides is 1. The average Bonchev–Trinajstić information content (AvgIpc) is 2.66. The highest BCUT2D eigenvalue weighted by Crippen LogP contribution is 2.25. The molecule has 1 aromatic rings. The first-order valence-electron chi connectivity index (χ1n) is 9.51. The molecule has 0 aliphatic heterocycles. The van der Waals surface area contributed by atoms with E-state index in [4.69, 9.17) is 15.0 Å². The number of rotatable bonds is 13. The number of hydrogen-bond donors (Lipinski definition) is 2. The minimum atomic E-state index is -0.650. The fourth-order valence-corrected chi connectivity index (χ4v) is 2.31. The van der Waals surface area contributed by atoms with E-state index >= 15 is 0 Å². The van der Waals surface area contributed by atoms with Crippen molar-refractivity contribution in [3.63, 3.8) is 0 Å². The molecule has 0 unspecified atom stereocenters. The van der Waals surface area contributed by atoms with Crippen LogP contribution in [0, 0.1) is 0 Å². The summed E-state index contributed by atoms with van der Waals surface area (Å²) in [7, 11) is 1.94. The Morgan fingerprint density at radius 1 is 1.07 bits per heavy atom. The van der Waals surface area contributed by atoms with Crippen LogP contribution in [0.25, 0.3) is 10.4 Å². The number of ether oxygens (including phenoxy) is 2. The highest BCUT2D eigenvalue weighted by Gasteiger charge is 2.18. The van der Waals surface area contributed by atoms with Gasteiger partial charge in [-0.3, -0.25) is 4.79 Å². The fourth-order valence-electron chi connectivity index (χ4n) is 2.31. The Kier molecular flexibility index (Phi) is 9.96. The van der Waals surface area contributed by atoms with Crippen LogP contribution in [-0.4, -0.2) is 51.5 Å². The third-order valence-electron chi connectivity index (χ3n) is 4.60. The lowest BCUT2D eigenvalue weighted by Crippen LogP contribution is -2.37. The summed E-state index contributed by atoms with van der Waals surface area (Å²) in [4.78, 5) is 15.0. The molecular weight excluding hydrogens is 358 g/mol. The Hall–Kier alpha value is -2.12. The molecule has 1 aromatic carbocycles. The number of hydrogen-bond acceptors (Lipinski definition) is 5. The van der Waals surface area contributed by atoms with Gasteiger partial charge in [-0.1, -0.05) is 31.1 Å². The van der Waals surface area contributed by atoms with Gasteiger partial charge in [0.05, 0.1) is 25.4 Å². The summed E-state index contributed by atoms with van der Waals surface area (Å²) in [5.74, 6) is -0.165. The molecular formula is C20H33N5O3. The van der Waals surface area contributed by atoms with Gasteiger partial charge in [-0.2, -0.15) is 0 Å². The minimum Gasteiger partial charge on any atom is -0.379 e. The van der Waals surface area contributed by atoms with Crippen LogP contribution < -0.4 is 10.6 Å². The normalized spacial score (nSPS) is 11.8. The van der Waals surface area contributed by atoms with Crippen molar-refractivity contribution in [2.75, 3.05) is 40.0 Å². The largest absolute Gasteiger partial charge is 0.379 e. The van der Waals surface area contributed by atoms with Crippen molar-refractivity contribution < 1.29 is 14.3 Å². The molecule has 0 atom stereocenters. The van der Waals surface area contributed by atoms with Crippen molar-refractivity contribution in [1.29, 1.82) is 0 Å². The summed E-state index contributed by atoms with van der Waals surface area (Å²) >= 11 is 0. The van der Waals surface area contributed by atoms with E-state index in [9.17, 15) is 4.79 Å². The van der Waals surface area contributed by atoms with Gasteiger partial charge in [0.1, 0.15) is 0 Å². The van der Waals surface area contributed by atoms with Gasteiger partial charge in [0.25, 0.3) is 5.91 Å². The van der Waals surface area contributed by atoms with Gasteiger partial charge in [-0.25, -0.2) is 0 Å². The van der Waals surface area contributed by atoms with Crippen molar-refractivity contribution in [3.05, 3.63) is 45.8 Å². The Bertz CT molecular complexity index is 652. The number of carbonyl (C=O) groups excluding carboxylic acids is 1. The lowest BCUT2D eigenvalue weighted by Gasteiger charge is -2.23. The molecule has 0 heterocycles. The van der Waals surface area contributed by atoms with Crippen LogP contribution in [0.3, 0.4) is 0 Å². The van der Waals surface area contributed by atoms with Crippen LogP contribution in [-0.2, 0) is 15.0 Å². The standard InChI is InChI=1S/C20H33N5O3/c1-19(2,22-5)10-12-27-14-15-28-13-11-23-18(26)16-6-8-17(9-7-16)20(3,4)24-25-21/h6-9,22H,10-15H2,1-5H3,(H,23,26). The molecule has 8 nitrogen and oxygen atoms in total. The number of nitrogens with one attached hydrogen (secondary N) is 2. The van der Waals surface area contributed by atoms with Crippen molar-refractivity contribution in [2.45, 2.75) is 45.2 Å². The lowest BCUT2D eigenvalue weighted by molar-refractivity contribution is 0.0418. The predicted octanol–water partition coefficient (Wildman–Crippen LogP) is 3.38. The number of carbonyl (C=O) groups is 1. The zero-order valence-electron chi connectivity index (χ0n) is 17.6. The van der Waals surface area contributed by atoms with Gasteiger partial charge < -0.3 is 20.1 Å². The highest BCUT2D eigenvalue weighted by atomic mass is 16.5. The van der Waals surface area contributed by atoms with E-state index in [0.717, 1.165) is 12.0 Å². The van der Waals surface area contributed by atoms with Crippen LogP contribution in [0.4, 0.5) is 0 Å². The molecule has 0 radical (unpaired) electrons. The van der Waals surface area contributed by atoms with Crippen LogP contribution in [0.1, 0.15) is 50.0 Å². The quantitative estimate of drug-likeness (QED) is 0.232. The first kappa shape index (κ1) is 23.9. The molecule has 156 valence electrons. The zero-order valence-corrected chi connectivity index (χ0v) is 17.6. The van der Waals surface area contributed by atoms with E-state index < -0.39 is 5.54 Å². The third kappa shape index (κ3) is 8.71. The maximum atomic E-state index is 12.1. The topological polar surface area (TPSA) is 108 Å². The second-order valence-corrected chi connectivity index (χ2v) is 7.69. The first-order chi connectivity index (χ1) is 13.2. The fraction of sp³-hybridized carbons (Fsp3) is 0.650. The molecule has 0 aliphatic carbocycles. The van der Waals surface area contributed by atoms with Gasteiger partial charge in [-0.05, 0) is 50.5 Å². The van der Waals surface area contributed by atoms with Gasteiger partial charge >= 0.3 is 0 Å². The summed E-state index contributed by atoms with van der Waals surface area (Å²) < 4.78 is 11.0. The Balaban J connectivity index is 2.21. The molecule has 2 N–H and O–H groups in total. The molecule has 8 heteroatoms. The van der Waals surface area contributed by atoms with Crippen LogP contribution in [0.5, 0.6) is 0 Å². The van der Waals surface area contributed by atoms with Crippen molar-refractivity contribution in [1.82, 2.24) is 10.6 Å². The molecule has 0 saturated carbocycles. The average molecular weight is 392 g/mol. The molecule has 0 saturated heterocycles. The second kappa shape index (κ2) is 11.7. The molecule has 28 heavy (non-hydrogen) atoms. The SMILES string of the molecule is CNC(C)(C)CCOCCOCCNC(=O)c1ccc(C(C)(C)N=[N+]=[N-])cc1. The number of benzene rings is 1. The Morgan fingerprint density at radius 2 is 1.68 bits per heavy atom. The molecule has 1 amide bonds. The van der Waals surface area contributed by atoms with Crippen molar-refractivity contribution >= 4 is 5.91 Å². The van der Waals surface area contributed by atoms with E-state index in [1.54, 1.807) is 24.3 Å². The van der Waals surface area contributed by atoms with Crippen molar-refractivity contribution in [3.8, 4) is 0 Å². The third-order valence-corrected chi connectivity index (χ3v) is 4.60. The summed E-state index contributed by atoms with van der Waals surface area (Å²) in [6.45, 7) is 10.5. The maximum absolute atomic E-state index is 12.1. The predicted molar refractivity (Wildman–Crippen MR) is 110 cm³/mol. The lowest BCUT2D eigenvalue weighted by atomic mass is 9.94. The van der Waals surface area contributed by atoms with E-state index in [1.165, 1.54) is 0 Å². The summed E-state index contributed by atoms with van der Waals surface area (Å²) in [6.07, 6.45) is 0.929. The molecule has 0 spiro atoms. The van der Waals surface area contributed by atoms with Gasteiger partial charge in [0, 0.05) is 29.2 Å². The van der Waals surface area contributed by atoms with E-state index in [0.29, 0.717) is 38.5 Å². The zero-order chi connectivity index (χ0) is 21.0. The van der Waals surface area contributed by atoms with Crippen LogP contribution in [0.2, 0.25) is 0 Å². The summed E-state index contributed by atoms with van der Waals surface area (Å²) in [5.41, 5.74) is 9.44. The monoisotopic (exact) mass is 391 g/mol. The highest BCUT2D eigenvalue weighted by molar-refractivity contribution is 5.94. The first-order valence-corrected chi connectivity index (χ1v) is 9.51. The minimum absolute atomic E-state index is 0.0715. The molecule has 0 fully saturated rings. The van der Waals surface area contributed by atoms with Crippen LogP contribution >= 0.6 is 0 Å². The maximum Gasteiger partial charge on any atom is 0.251 e. The second-order valence-electron chi connectivity index (χ2n) is 7.69. The smallest absolute Gasteiger partial charge is 0.251 e. The summed E-state index contributed by atoms with van der Waals surface area (Å²) in [6, 6.07) is 7.04. The molecule has 0 aliphatic rings.